The number of hydrogen-bond donors (Lipinski definition) is 1. The van der Waals surface area contributed by atoms with Crippen molar-refractivity contribution in [1.29, 1.82) is 0 Å². The van der Waals surface area contributed by atoms with E-state index in [2.05, 4.69) is 49.8 Å². The molecule has 1 atom stereocenters. The first-order chi connectivity index (χ1) is 12.1. The third kappa shape index (κ3) is 2.71. The van der Waals surface area contributed by atoms with Gasteiger partial charge in [0.15, 0.2) is 0 Å². The Kier molecular flexibility index (Phi) is 3.64. The topological polar surface area (TPSA) is 85.8 Å². The van der Waals surface area contributed by atoms with Crippen molar-refractivity contribution >= 4 is 11.3 Å². The minimum absolute atomic E-state index is 0.103. The summed E-state index contributed by atoms with van der Waals surface area (Å²) < 4.78 is 3.43. The molecule has 0 saturated heterocycles. The van der Waals surface area contributed by atoms with E-state index >= 15 is 0 Å². The molecule has 1 aromatic carbocycles. The first kappa shape index (κ1) is 15.3. The molecule has 4 rings (SSSR count). The lowest BCUT2D eigenvalue weighted by atomic mass is 10.1. The normalized spacial score (nSPS) is 12.4. The Bertz CT molecular complexity index is 1000. The van der Waals surface area contributed by atoms with Gasteiger partial charge < -0.3 is 5.32 Å². The summed E-state index contributed by atoms with van der Waals surface area (Å²) in [5, 5.41) is 20.3. The van der Waals surface area contributed by atoms with Crippen molar-refractivity contribution in [3.8, 4) is 5.69 Å². The molecule has 0 aliphatic heterocycles. The first-order valence-corrected chi connectivity index (χ1v) is 8.02. The summed E-state index contributed by atoms with van der Waals surface area (Å²) >= 11 is 0. The monoisotopic (exact) mass is 334 g/mol. The van der Waals surface area contributed by atoms with Crippen molar-refractivity contribution in [2.75, 3.05) is 5.32 Å². The van der Waals surface area contributed by atoms with Crippen LogP contribution in [0.3, 0.4) is 0 Å². The number of hydrogen-bond acceptors (Lipinski definition) is 6. The van der Waals surface area contributed by atoms with Gasteiger partial charge in [0, 0.05) is 6.04 Å². The van der Waals surface area contributed by atoms with E-state index in [1.807, 2.05) is 26.0 Å². The Morgan fingerprint density at radius 1 is 1.08 bits per heavy atom. The van der Waals surface area contributed by atoms with Gasteiger partial charge in [-0.1, -0.05) is 12.1 Å². The second-order valence-electron chi connectivity index (χ2n) is 5.98. The smallest absolute Gasteiger partial charge is 0.200 e. The highest BCUT2D eigenvalue weighted by atomic mass is 15.3. The third-order valence-corrected chi connectivity index (χ3v) is 4.37. The molecule has 0 amide bonds. The number of anilines is 1. The van der Waals surface area contributed by atoms with Crippen molar-refractivity contribution in [2.45, 2.75) is 26.8 Å². The lowest BCUT2D eigenvalue weighted by Gasteiger charge is -2.18. The number of aromatic nitrogens is 7. The summed E-state index contributed by atoms with van der Waals surface area (Å²) in [5.41, 5.74) is 5.85. The molecular weight excluding hydrogens is 316 g/mol. The van der Waals surface area contributed by atoms with Crippen LogP contribution in [0.5, 0.6) is 0 Å². The van der Waals surface area contributed by atoms with Crippen LogP contribution in [0.2, 0.25) is 0 Å². The average Bonchev–Trinajstić information content (AvgIpc) is 3.30. The minimum atomic E-state index is 0.103. The van der Waals surface area contributed by atoms with Crippen LogP contribution in [0.1, 0.15) is 29.8 Å². The molecular formula is C17H18N8. The molecule has 1 unspecified atom stereocenters. The zero-order valence-electron chi connectivity index (χ0n) is 14.2. The Morgan fingerprint density at radius 2 is 1.88 bits per heavy atom. The second kappa shape index (κ2) is 5.97. The Morgan fingerprint density at radius 3 is 2.60 bits per heavy atom. The zero-order valence-corrected chi connectivity index (χ0v) is 14.2. The fourth-order valence-corrected chi connectivity index (χ4v) is 2.78. The van der Waals surface area contributed by atoms with E-state index < -0.39 is 0 Å². The van der Waals surface area contributed by atoms with E-state index in [9.17, 15) is 0 Å². The van der Waals surface area contributed by atoms with Crippen LogP contribution in [-0.4, -0.2) is 34.6 Å². The number of nitrogens with one attached hydrogen (secondary N) is 1. The van der Waals surface area contributed by atoms with Crippen LogP contribution >= 0.6 is 0 Å². The lowest BCUT2D eigenvalue weighted by Crippen LogP contribution is -2.11. The quantitative estimate of drug-likeness (QED) is 0.617. The molecule has 3 aromatic heterocycles. The average molecular weight is 334 g/mol. The van der Waals surface area contributed by atoms with Gasteiger partial charge in [0.2, 0.25) is 5.65 Å². The molecule has 0 fully saturated rings. The van der Waals surface area contributed by atoms with Crippen LogP contribution in [0, 0.1) is 13.8 Å². The summed E-state index contributed by atoms with van der Waals surface area (Å²) in [6.07, 6.45) is 4.82. The van der Waals surface area contributed by atoms with Crippen molar-refractivity contribution in [1.82, 2.24) is 34.6 Å². The summed E-state index contributed by atoms with van der Waals surface area (Å²) in [6, 6.07) is 8.32. The zero-order chi connectivity index (χ0) is 17.4. The summed E-state index contributed by atoms with van der Waals surface area (Å²) in [5.74, 6) is 0. The predicted octanol–water partition coefficient (Wildman–Crippen LogP) is 2.49. The first-order valence-electron chi connectivity index (χ1n) is 8.02. The van der Waals surface area contributed by atoms with Gasteiger partial charge in [-0.3, -0.25) is 0 Å². The Labute approximate surface area is 144 Å². The van der Waals surface area contributed by atoms with Gasteiger partial charge in [-0.15, -0.1) is 10.2 Å². The van der Waals surface area contributed by atoms with Crippen molar-refractivity contribution in [3.63, 3.8) is 0 Å². The Balaban J connectivity index is 1.63. The SMILES string of the molecule is Cc1nn2cnnc2c(NC(C)c2ccc(-n3cncn3)cc2)c1C. The molecule has 0 aliphatic carbocycles. The fraction of sp³-hybridized carbons (Fsp3) is 0.235. The fourth-order valence-electron chi connectivity index (χ4n) is 2.78. The predicted molar refractivity (Wildman–Crippen MR) is 93.7 cm³/mol. The molecule has 0 aliphatic rings. The standard InChI is InChI=1S/C17H18N8/c1-11-12(2)23-25-10-19-22-17(25)16(11)21-13(3)14-4-6-15(7-5-14)24-9-18-8-20-24/h4-10,13,21H,1-3H3. The van der Waals surface area contributed by atoms with Gasteiger partial charge >= 0.3 is 0 Å². The number of benzene rings is 1. The van der Waals surface area contributed by atoms with Gasteiger partial charge in [-0.05, 0) is 44.0 Å². The molecule has 126 valence electrons. The molecule has 0 radical (unpaired) electrons. The van der Waals surface area contributed by atoms with Gasteiger partial charge in [0.1, 0.15) is 19.0 Å². The highest BCUT2D eigenvalue weighted by molar-refractivity contribution is 5.71. The number of rotatable bonds is 4. The van der Waals surface area contributed by atoms with Crippen molar-refractivity contribution in [3.05, 3.63) is 60.1 Å². The van der Waals surface area contributed by atoms with E-state index in [1.54, 1.807) is 21.9 Å². The van der Waals surface area contributed by atoms with Crippen LogP contribution in [-0.2, 0) is 0 Å². The molecule has 4 aromatic rings. The van der Waals surface area contributed by atoms with Gasteiger partial charge in [-0.25, -0.2) is 9.67 Å². The molecule has 0 saturated carbocycles. The molecule has 1 N–H and O–H groups in total. The maximum atomic E-state index is 4.45. The van der Waals surface area contributed by atoms with Crippen molar-refractivity contribution < 1.29 is 0 Å². The molecule has 0 spiro atoms. The Hall–Kier alpha value is -3.29. The lowest BCUT2D eigenvalue weighted by molar-refractivity contribution is 0.848. The highest BCUT2D eigenvalue weighted by Gasteiger charge is 2.15. The van der Waals surface area contributed by atoms with Crippen molar-refractivity contribution in [2.24, 2.45) is 0 Å². The van der Waals surface area contributed by atoms with E-state index in [0.29, 0.717) is 0 Å². The van der Waals surface area contributed by atoms with Gasteiger partial charge in [0.05, 0.1) is 17.1 Å². The van der Waals surface area contributed by atoms with E-state index in [4.69, 9.17) is 0 Å². The molecule has 25 heavy (non-hydrogen) atoms. The third-order valence-electron chi connectivity index (χ3n) is 4.37. The molecule has 8 heteroatoms. The highest BCUT2D eigenvalue weighted by Crippen LogP contribution is 2.26. The van der Waals surface area contributed by atoms with Gasteiger partial charge in [0.25, 0.3) is 0 Å². The molecule has 0 bridgehead atoms. The number of aryl methyl sites for hydroxylation is 1. The maximum absolute atomic E-state index is 4.45. The summed E-state index contributed by atoms with van der Waals surface area (Å²) in [4.78, 5) is 3.97. The van der Waals surface area contributed by atoms with E-state index in [-0.39, 0.29) is 6.04 Å². The van der Waals surface area contributed by atoms with Crippen LogP contribution in [0.15, 0.2) is 43.2 Å². The number of nitrogens with zero attached hydrogens (tertiary/aromatic N) is 7. The summed E-state index contributed by atoms with van der Waals surface area (Å²) in [7, 11) is 0. The van der Waals surface area contributed by atoms with Crippen LogP contribution in [0.4, 0.5) is 5.69 Å². The van der Waals surface area contributed by atoms with Crippen LogP contribution < -0.4 is 5.32 Å². The second-order valence-corrected chi connectivity index (χ2v) is 5.98. The van der Waals surface area contributed by atoms with Gasteiger partial charge in [-0.2, -0.15) is 14.7 Å². The molecule has 8 nitrogen and oxygen atoms in total. The minimum Gasteiger partial charge on any atom is -0.375 e. The largest absolute Gasteiger partial charge is 0.375 e. The van der Waals surface area contributed by atoms with E-state index in [1.165, 1.54) is 6.33 Å². The van der Waals surface area contributed by atoms with Crippen LogP contribution in [0.25, 0.3) is 11.3 Å². The maximum Gasteiger partial charge on any atom is 0.200 e. The summed E-state index contributed by atoms with van der Waals surface area (Å²) in [6.45, 7) is 6.14. The van der Waals surface area contributed by atoms with E-state index in [0.717, 1.165) is 33.8 Å². The number of fused-ring (bicyclic) bond motifs is 1. The molecule has 3 heterocycles.